The summed E-state index contributed by atoms with van der Waals surface area (Å²) in [5.74, 6) is 1.94. The molecule has 0 aliphatic carbocycles. The quantitative estimate of drug-likeness (QED) is 0.554. The molecule has 0 unspecified atom stereocenters. The summed E-state index contributed by atoms with van der Waals surface area (Å²) in [6.07, 6.45) is 0. The average molecular weight is 454 g/mol. The molecule has 33 heavy (non-hydrogen) atoms. The number of anilines is 2. The van der Waals surface area contributed by atoms with Crippen molar-refractivity contribution in [1.82, 2.24) is 15.1 Å². The predicted octanol–water partition coefficient (Wildman–Crippen LogP) is 2.24. The maximum absolute atomic E-state index is 5.53. The van der Waals surface area contributed by atoms with Crippen molar-refractivity contribution >= 4 is 11.4 Å². The van der Waals surface area contributed by atoms with Crippen LogP contribution in [0.25, 0.3) is 0 Å². The van der Waals surface area contributed by atoms with Gasteiger partial charge in [-0.3, -0.25) is 9.80 Å². The van der Waals surface area contributed by atoms with Gasteiger partial charge in [0, 0.05) is 78.5 Å². The van der Waals surface area contributed by atoms with Gasteiger partial charge in [0.25, 0.3) is 0 Å². The van der Waals surface area contributed by atoms with Crippen molar-refractivity contribution in [2.75, 3.05) is 103 Å². The highest BCUT2D eigenvalue weighted by Crippen LogP contribution is 2.29. The number of nitrogens with zero attached hydrogens (tertiary/aromatic N) is 4. The molecule has 7 heteroatoms. The maximum Gasteiger partial charge on any atom is 0.142 e. The zero-order valence-corrected chi connectivity index (χ0v) is 20.2. The van der Waals surface area contributed by atoms with E-state index in [9.17, 15) is 0 Å². The molecule has 2 fully saturated rings. The third-order valence-corrected chi connectivity index (χ3v) is 6.81. The van der Waals surface area contributed by atoms with Crippen LogP contribution in [-0.4, -0.2) is 103 Å². The van der Waals surface area contributed by atoms with Crippen molar-refractivity contribution < 1.29 is 9.47 Å². The van der Waals surface area contributed by atoms with E-state index in [1.165, 1.54) is 11.4 Å². The summed E-state index contributed by atoms with van der Waals surface area (Å²) in [4.78, 5) is 10.00. The Labute approximate surface area is 198 Å². The monoisotopic (exact) mass is 453 g/mol. The molecule has 0 bridgehead atoms. The number of hydrogen-bond acceptors (Lipinski definition) is 7. The average Bonchev–Trinajstić information content (AvgIpc) is 2.89. The van der Waals surface area contributed by atoms with Gasteiger partial charge in [-0.25, -0.2) is 0 Å². The molecule has 4 rings (SSSR count). The summed E-state index contributed by atoms with van der Waals surface area (Å²) in [5, 5.41) is 3.65. The minimum absolute atomic E-state index is 0.969. The Hall–Kier alpha value is -2.48. The van der Waals surface area contributed by atoms with Gasteiger partial charge >= 0.3 is 0 Å². The third-order valence-electron chi connectivity index (χ3n) is 6.81. The molecule has 0 radical (unpaired) electrons. The largest absolute Gasteiger partial charge is 0.495 e. The fraction of sp³-hybridized carbons (Fsp3) is 0.538. The lowest BCUT2D eigenvalue weighted by molar-refractivity contribution is 0.242. The predicted molar refractivity (Wildman–Crippen MR) is 136 cm³/mol. The van der Waals surface area contributed by atoms with Gasteiger partial charge in [-0.2, -0.15) is 0 Å². The van der Waals surface area contributed by atoms with Crippen LogP contribution < -0.4 is 24.6 Å². The van der Waals surface area contributed by atoms with E-state index < -0.39 is 0 Å². The van der Waals surface area contributed by atoms with Gasteiger partial charge in [0.05, 0.1) is 25.6 Å². The highest BCUT2D eigenvalue weighted by molar-refractivity contribution is 5.59. The minimum atomic E-state index is 0.969. The van der Waals surface area contributed by atoms with Gasteiger partial charge < -0.3 is 24.6 Å². The summed E-state index contributed by atoms with van der Waals surface area (Å²) in [7, 11) is 3.50. The second-order valence-corrected chi connectivity index (χ2v) is 8.75. The van der Waals surface area contributed by atoms with Gasteiger partial charge in [0.2, 0.25) is 0 Å². The van der Waals surface area contributed by atoms with Crippen LogP contribution in [0.15, 0.2) is 48.5 Å². The first kappa shape index (κ1) is 23.7. The normalized spacial score (nSPS) is 17.9. The van der Waals surface area contributed by atoms with E-state index in [0.29, 0.717) is 0 Å². The number of hydrogen-bond donors (Lipinski definition) is 1. The molecule has 0 atom stereocenters. The number of nitrogens with one attached hydrogen (secondary N) is 1. The van der Waals surface area contributed by atoms with Crippen LogP contribution in [0.4, 0.5) is 11.4 Å². The fourth-order valence-corrected chi connectivity index (χ4v) is 4.81. The number of benzene rings is 2. The molecule has 7 nitrogen and oxygen atoms in total. The zero-order valence-electron chi connectivity index (χ0n) is 20.2. The molecule has 2 aliphatic heterocycles. The number of methoxy groups -OCH3 is 2. The molecule has 0 spiro atoms. The molecule has 2 aliphatic rings. The summed E-state index contributed by atoms with van der Waals surface area (Å²) < 4.78 is 11.1. The first-order chi connectivity index (χ1) is 16.3. The molecule has 180 valence electrons. The van der Waals surface area contributed by atoms with Gasteiger partial charge in [-0.05, 0) is 24.3 Å². The smallest absolute Gasteiger partial charge is 0.142 e. The van der Waals surface area contributed by atoms with Gasteiger partial charge in [0.1, 0.15) is 11.5 Å². The molecular weight excluding hydrogens is 414 g/mol. The van der Waals surface area contributed by atoms with Crippen molar-refractivity contribution in [3.8, 4) is 11.5 Å². The Kier molecular flexibility index (Phi) is 8.69. The van der Waals surface area contributed by atoms with Crippen LogP contribution >= 0.6 is 0 Å². The molecule has 2 aromatic carbocycles. The van der Waals surface area contributed by atoms with Crippen molar-refractivity contribution in [3.05, 3.63) is 48.5 Å². The Morgan fingerprint density at radius 2 is 1.00 bits per heavy atom. The highest BCUT2D eigenvalue weighted by Gasteiger charge is 2.20. The molecule has 0 saturated carbocycles. The first-order valence-electron chi connectivity index (χ1n) is 12.2. The summed E-state index contributed by atoms with van der Waals surface area (Å²) >= 11 is 0. The lowest BCUT2D eigenvalue weighted by Gasteiger charge is -2.37. The van der Waals surface area contributed by atoms with Crippen molar-refractivity contribution in [2.24, 2.45) is 0 Å². The van der Waals surface area contributed by atoms with E-state index in [1.807, 2.05) is 24.3 Å². The van der Waals surface area contributed by atoms with E-state index in [0.717, 1.165) is 90.0 Å². The molecule has 2 aromatic rings. The number of piperazine rings is 2. The number of para-hydroxylation sites is 4. The molecule has 0 aromatic heterocycles. The van der Waals surface area contributed by atoms with Crippen molar-refractivity contribution in [2.45, 2.75) is 0 Å². The lowest BCUT2D eigenvalue weighted by Crippen LogP contribution is -2.49. The zero-order chi connectivity index (χ0) is 22.9. The van der Waals surface area contributed by atoms with Crippen LogP contribution in [-0.2, 0) is 0 Å². The second kappa shape index (κ2) is 12.1. The van der Waals surface area contributed by atoms with Crippen LogP contribution in [0, 0.1) is 0 Å². The first-order valence-corrected chi connectivity index (χ1v) is 12.2. The second-order valence-electron chi connectivity index (χ2n) is 8.75. The molecule has 2 saturated heterocycles. The van der Waals surface area contributed by atoms with Gasteiger partial charge in [0.15, 0.2) is 0 Å². The topological polar surface area (TPSA) is 43.5 Å². The van der Waals surface area contributed by atoms with Crippen molar-refractivity contribution in [3.63, 3.8) is 0 Å². The van der Waals surface area contributed by atoms with Crippen LogP contribution in [0.1, 0.15) is 0 Å². The summed E-state index contributed by atoms with van der Waals surface area (Å²) in [6.45, 7) is 12.9. The molecular formula is C26H39N5O2. The minimum Gasteiger partial charge on any atom is -0.495 e. The Morgan fingerprint density at radius 3 is 1.39 bits per heavy atom. The SMILES string of the molecule is COc1ccccc1N1CCN(CCNCCN2CCN(c3ccccc3OC)CC2)CC1. The van der Waals surface area contributed by atoms with E-state index in [4.69, 9.17) is 9.47 Å². The number of rotatable bonds is 10. The van der Waals surface area contributed by atoms with Crippen molar-refractivity contribution in [1.29, 1.82) is 0 Å². The Bertz CT molecular complexity index is 779. The number of ether oxygens (including phenoxy) is 2. The fourth-order valence-electron chi connectivity index (χ4n) is 4.81. The van der Waals surface area contributed by atoms with Gasteiger partial charge in [-0.1, -0.05) is 24.3 Å². The van der Waals surface area contributed by atoms with Crippen LogP contribution in [0.2, 0.25) is 0 Å². The van der Waals surface area contributed by atoms with Crippen LogP contribution in [0.3, 0.4) is 0 Å². The summed E-state index contributed by atoms with van der Waals surface area (Å²) in [6, 6.07) is 16.7. The summed E-state index contributed by atoms with van der Waals surface area (Å²) in [5.41, 5.74) is 2.42. The van der Waals surface area contributed by atoms with E-state index >= 15 is 0 Å². The molecule has 0 amide bonds. The van der Waals surface area contributed by atoms with E-state index in [1.54, 1.807) is 14.2 Å². The Balaban J connectivity index is 1.09. The maximum atomic E-state index is 5.53. The third kappa shape index (κ3) is 6.31. The molecule has 1 N–H and O–H groups in total. The van der Waals surface area contributed by atoms with E-state index in [2.05, 4.69) is 49.2 Å². The molecule has 2 heterocycles. The lowest BCUT2D eigenvalue weighted by atomic mass is 10.2. The standard InChI is InChI=1S/C26H39N5O2/c1-32-25-9-5-3-7-23(25)30-19-15-28(16-20-30)13-11-27-12-14-29-17-21-31(22-18-29)24-8-4-6-10-26(24)33-2/h3-10,27H,11-22H2,1-2H3. The van der Waals surface area contributed by atoms with E-state index in [-0.39, 0.29) is 0 Å². The Morgan fingerprint density at radius 1 is 0.606 bits per heavy atom. The van der Waals surface area contributed by atoms with Gasteiger partial charge in [-0.15, -0.1) is 0 Å². The van der Waals surface area contributed by atoms with Crippen LogP contribution in [0.5, 0.6) is 11.5 Å². The highest BCUT2D eigenvalue weighted by atomic mass is 16.5.